The Hall–Kier alpha value is -0.640. The second-order valence-corrected chi connectivity index (χ2v) is 6.48. The predicted octanol–water partition coefficient (Wildman–Crippen LogP) is 2.39. The molecular formula is C14H24N2OS. The highest BCUT2D eigenvalue weighted by molar-refractivity contribution is 7.80. The fraction of sp³-hybridized carbons (Fsp3) is 0.857. The van der Waals surface area contributed by atoms with Gasteiger partial charge in [0, 0.05) is 6.54 Å². The van der Waals surface area contributed by atoms with Crippen LogP contribution >= 0.6 is 12.2 Å². The van der Waals surface area contributed by atoms with Gasteiger partial charge < -0.3 is 11.1 Å². The summed E-state index contributed by atoms with van der Waals surface area (Å²) < 4.78 is 0. The van der Waals surface area contributed by atoms with E-state index in [0.717, 1.165) is 38.1 Å². The van der Waals surface area contributed by atoms with Gasteiger partial charge in [-0.1, -0.05) is 44.8 Å². The van der Waals surface area contributed by atoms with Crippen LogP contribution in [0, 0.1) is 17.3 Å². The van der Waals surface area contributed by atoms with Crippen LogP contribution in [0.2, 0.25) is 0 Å². The van der Waals surface area contributed by atoms with Gasteiger partial charge in [0.05, 0.1) is 10.4 Å². The number of rotatable bonds is 4. The van der Waals surface area contributed by atoms with Crippen LogP contribution in [0.1, 0.15) is 51.9 Å². The van der Waals surface area contributed by atoms with E-state index in [1.54, 1.807) is 0 Å². The van der Waals surface area contributed by atoms with Gasteiger partial charge in [0.15, 0.2) is 0 Å². The van der Waals surface area contributed by atoms with E-state index >= 15 is 0 Å². The Morgan fingerprint density at radius 1 is 1.33 bits per heavy atom. The Bertz CT molecular complexity index is 335. The van der Waals surface area contributed by atoms with Gasteiger partial charge in [-0.05, 0) is 31.1 Å². The van der Waals surface area contributed by atoms with Crippen molar-refractivity contribution in [3.05, 3.63) is 0 Å². The van der Waals surface area contributed by atoms with Crippen molar-refractivity contribution >= 4 is 23.1 Å². The van der Waals surface area contributed by atoms with Gasteiger partial charge in [0.25, 0.3) is 0 Å². The van der Waals surface area contributed by atoms with Gasteiger partial charge in [-0.2, -0.15) is 0 Å². The summed E-state index contributed by atoms with van der Waals surface area (Å²) in [6.45, 7) is 3.02. The van der Waals surface area contributed by atoms with E-state index in [-0.39, 0.29) is 5.91 Å². The Kier molecular flexibility index (Phi) is 4.25. The zero-order valence-corrected chi connectivity index (χ0v) is 12.0. The highest BCUT2D eigenvalue weighted by Gasteiger charge is 2.42. The molecule has 2 unspecified atom stereocenters. The van der Waals surface area contributed by atoms with Gasteiger partial charge in [0.2, 0.25) is 5.91 Å². The fourth-order valence-corrected chi connectivity index (χ4v) is 3.29. The SMILES string of the molecule is CC1CC1CNC(=O)C1(C(N)=S)CCCCCC1. The van der Waals surface area contributed by atoms with E-state index in [1.165, 1.54) is 19.3 Å². The first-order chi connectivity index (χ1) is 8.56. The minimum Gasteiger partial charge on any atom is -0.392 e. The zero-order valence-electron chi connectivity index (χ0n) is 11.2. The molecule has 102 valence electrons. The average Bonchev–Trinajstić information content (AvgIpc) is 3.07. The fourth-order valence-electron chi connectivity index (χ4n) is 2.99. The first-order valence-corrected chi connectivity index (χ1v) is 7.55. The molecule has 2 saturated carbocycles. The molecule has 2 aliphatic rings. The van der Waals surface area contributed by atoms with Crippen LogP contribution in [0.4, 0.5) is 0 Å². The molecule has 2 rings (SSSR count). The molecule has 0 aromatic rings. The third-order valence-corrected chi connectivity index (χ3v) is 5.06. The maximum absolute atomic E-state index is 12.5. The summed E-state index contributed by atoms with van der Waals surface area (Å²) in [5.41, 5.74) is 5.33. The Morgan fingerprint density at radius 2 is 1.89 bits per heavy atom. The quantitative estimate of drug-likeness (QED) is 0.608. The summed E-state index contributed by atoms with van der Waals surface area (Å²) in [5, 5.41) is 3.09. The zero-order chi connectivity index (χ0) is 13.2. The third-order valence-electron chi connectivity index (χ3n) is 4.66. The number of carbonyl (C=O) groups is 1. The van der Waals surface area contributed by atoms with Crippen molar-refractivity contribution < 1.29 is 4.79 Å². The maximum Gasteiger partial charge on any atom is 0.233 e. The molecule has 0 aromatic heterocycles. The molecular weight excluding hydrogens is 244 g/mol. The van der Waals surface area contributed by atoms with Gasteiger partial charge in [-0.3, -0.25) is 4.79 Å². The Morgan fingerprint density at radius 3 is 2.33 bits per heavy atom. The lowest BCUT2D eigenvalue weighted by Crippen LogP contribution is -2.49. The smallest absolute Gasteiger partial charge is 0.233 e. The molecule has 2 atom stereocenters. The number of carbonyl (C=O) groups excluding carboxylic acids is 1. The first kappa shape index (κ1) is 13.8. The summed E-state index contributed by atoms with van der Waals surface area (Å²) in [4.78, 5) is 12.9. The average molecular weight is 268 g/mol. The number of hydrogen-bond acceptors (Lipinski definition) is 2. The molecule has 4 heteroatoms. The van der Waals surface area contributed by atoms with Crippen LogP contribution in [0.25, 0.3) is 0 Å². The van der Waals surface area contributed by atoms with Gasteiger partial charge >= 0.3 is 0 Å². The van der Waals surface area contributed by atoms with Gasteiger partial charge in [-0.15, -0.1) is 0 Å². The summed E-state index contributed by atoms with van der Waals surface area (Å²) in [7, 11) is 0. The molecule has 2 aliphatic carbocycles. The van der Waals surface area contributed by atoms with E-state index in [1.807, 2.05) is 0 Å². The standard InChI is InChI=1S/C14H24N2OS/c1-10-8-11(10)9-16-13(17)14(12(15)18)6-4-2-3-5-7-14/h10-11H,2-9H2,1H3,(H2,15,18)(H,16,17). The third kappa shape index (κ3) is 2.85. The van der Waals surface area contributed by atoms with E-state index in [9.17, 15) is 4.79 Å². The van der Waals surface area contributed by atoms with Crippen LogP contribution in [0.15, 0.2) is 0 Å². The van der Waals surface area contributed by atoms with Crippen LogP contribution in [0.3, 0.4) is 0 Å². The maximum atomic E-state index is 12.5. The molecule has 0 aliphatic heterocycles. The van der Waals surface area contributed by atoms with E-state index in [2.05, 4.69) is 12.2 Å². The van der Waals surface area contributed by atoms with Crippen molar-refractivity contribution in [3.63, 3.8) is 0 Å². The molecule has 3 nitrogen and oxygen atoms in total. The summed E-state index contributed by atoms with van der Waals surface area (Å²) in [6.07, 6.45) is 7.40. The number of amides is 1. The summed E-state index contributed by atoms with van der Waals surface area (Å²) in [6, 6.07) is 0. The molecule has 0 heterocycles. The molecule has 0 saturated heterocycles. The monoisotopic (exact) mass is 268 g/mol. The van der Waals surface area contributed by atoms with Crippen molar-refractivity contribution in [1.29, 1.82) is 0 Å². The summed E-state index contributed by atoms with van der Waals surface area (Å²) in [5.74, 6) is 1.51. The minimum absolute atomic E-state index is 0.0796. The van der Waals surface area contributed by atoms with Crippen molar-refractivity contribution in [3.8, 4) is 0 Å². The van der Waals surface area contributed by atoms with Crippen LogP contribution < -0.4 is 11.1 Å². The van der Waals surface area contributed by atoms with Crippen LogP contribution in [-0.4, -0.2) is 17.4 Å². The second kappa shape index (κ2) is 5.55. The minimum atomic E-state index is -0.566. The van der Waals surface area contributed by atoms with Crippen molar-refractivity contribution in [2.45, 2.75) is 51.9 Å². The Balaban J connectivity index is 1.98. The summed E-state index contributed by atoms with van der Waals surface area (Å²) >= 11 is 5.20. The van der Waals surface area contributed by atoms with Crippen LogP contribution in [-0.2, 0) is 4.79 Å². The lowest BCUT2D eigenvalue weighted by molar-refractivity contribution is -0.128. The number of nitrogens with two attached hydrogens (primary N) is 1. The van der Waals surface area contributed by atoms with E-state index in [0.29, 0.717) is 10.9 Å². The molecule has 0 radical (unpaired) electrons. The van der Waals surface area contributed by atoms with E-state index < -0.39 is 5.41 Å². The molecule has 1 amide bonds. The normalized spacial score (nSPS) is 30.3. The lowest BCUT2D eigenvalue weighted by atomic mass is 9.79. The van der Waals surface area contributed by atoms with Gasteiger partial charge in [0.1, 0.15) is 0 Å². The predicted molar refractivity (Wildman–Crippen MR) is 77.2 cm³/mol. The first-order valence-electron chi connectivity index (χ1n) is 7.14. The molecule has 0 bridgehead atoms. The molecule has 0 aromatic carbocycles. The van der Waals surface area contributed by atoms with Crippen LogP contribution in [0.5, 0.6) is 0 Å². The van der Waals surface area contributed by atoms with E-state index in [4.69, 9.17) is 18.0 Å². The highest BCUT2D eigenvalue weighted by Crippen LogP contribution is 2.38. The lowest BCUT2D eigenvalue weighted by Gasteiger charge is -2.30. The van der Waals surface area contributed by atoms with Gasteiger partial charge in [-0.25, -0.2) is 0 Å². The van der Waals surface area contributed by atoms with Crippen molar-refractivity contribution in [2.75, 3.05) is 6.54 Å². The molecule has 2 fully saturated rings. The number of nitrogens with one attached hydrogen (secondary N) is 1. The largest absolute Gasteiger partial charge is 0.392 e. The molecule has 0 spiro atoms. The molecule has 3 N–H and O–H groups in total. The Labute approximate surface area is 115 Å². The number of thiocarbonyl (C=S) groups is 1. The van der Waals surface area contributed by atoms with Crippen molar-refractivity contribution in [2.24, 2.45) is 23.0 Å². The second-order valence-electron chi connectivity index (χ2n) is 6.04. The number of hydrogen-bond donors (Lipinski definition) is 2. The topological polar surface area (TPSA) is 55.1 Å². The molecule has 18 heavy (non-hydrogen) atoms. The highest BCUT2D eigenvalue weighted by atomic mass is 32.1. The van der Waals surface area contributed by atoms with Crippen molar-refractivity contribution in [1.82, 2.24) is 5.32 Å².